The summed E-state index contributed by atoms with van der Waals surface area (Å²) in [6, 6.07) is 9.46. The molecule has 12 heteroatoms. The van der Waals surface area contributed by atoms with Crippen LogP contribution >= 0.6 is 0 Å². The molecule has 1 heterocycles. The highest BCUT2D eigenvalue weighted by Gasteiger charge is 2.33. The number of nitrogens with one attached hydrogen (secondary N) is 3. The Morgan fingerprint density at radius 2 is 1.80 bits per heavy atom. The zero-order valence-electron chi connectivity index (χ0n) is 22.7. The van der Waals surface area contributed by atoms with Gasteiger partial charge in [-0.2, -0.15) is 13.2 Å². The van der Waals surface area contributed by atoms with Gasteiger partial charge in [0.2, 0.25) is 11.2 Å². The lowest BCUT2D eigenvalue weighted by molar-refractivity contribution is -0.788. The van der Waals surface area contributed by atoms with Crippen LogP contribution in [0.25, 0.3) is 0 Å². The molecule has 1 aliphatic rings. The van der Waals surface area contributed by atoms with E-state index in [2.05, 4.69) is 26.1 Å². The van der Waals surface area contributed by atoms with Crippen molar-refractivity contribution >= 4 is 29.2 Å². The van der Waals surface area contributed by atoms with E-state index in [9.17, 15) is 22.8 Å². The second-order valence-electron chi connectivity index (χ2n) is 10.5. The molecular formula is C28H34F3N6O3+. The second kappa shape index (κ2) is 12.5. The Morgan fingerprint density at radius 3 is 2.50 bits per heavy atom. The molecule has 0 spiro atoms. The number of halogens is 3. The SMILES string of the molecule is Cc1ccccc1CC(=O)Nc1cc(NC(=O)Nc2c[n+]([C@@H]3CCC[C@@H](CN(C)C)C3)no2)cc(C(F)(F)F)c1. The Balaban J connectivity index is 1.41. The van der Waals surface area contributed by atoms with Gasteiger partial charge in [-0.1, -0.05) is 24.3 Å². The quantitative estimate of drug-likeness (QED) is 0.321. The number of aromatic nitrogens is 2. The second-order valence-corrected chi connectivity index (χ2v) is 10.5. The van der Waals surface area contributed by atoms with E-state index in [-0.39, 0.29) is 29.7 Å². The van der Waals surface area contributed by atoms with Crippen molar-refractivity contribution in [2.45, 2.75) is 51.2 Å². The molecular weight excluding hydrogens is 525 g/mol. The van der Waals surface area contributed by atoms with E-state index in [1.165, 1.54) is 6.07 Å². The fraction of sp³-hybridized carbons (Fsp3) is 0.429. The Hall–Kier alpha value is -3.93. The molecule has 0 bridgehead atoms. The third kappa shape index (κ3) is 8.04. The van der Waals surface area contributed by atoms with E-state index >= 15 is 0 Å². The van der Waals surface area contributed by atoms with Gasteiger partial charge in [0, 0.05) is 30.8 Å². The average molecular weight is 560 g/mol. The molecule has 1 aromatic heterocycles. The number of hydrogen-bond donors (Lipinski definition) is 3. The molecule has 2 atom stereocenters. The van der Waals surface area contributed by atoms with E-state index in [0.717, 1.165) is 55.5 Å². The van der Waals surface area contributed by atoms with Gasteiger partial charge in [-0.15, -0.1) is 0 Å². The van der Waals surface area contributed by atoms with Gasteiger partial charge in [0.15, 0.2) is 6.04 Å². The predicted octanol–water partition coefficient (Wildman–Crippen LogP) is 5.41. The number of carbonyl (C=O) groups is 2. The van der Waals surface area contributed by atoms with Gasteiger partial charge in [0.25, 0.3) is 6.20 Å². The minimum atomic E-state index is -4.69. The molecule has 0 unspecified atom stereocenters. The minimum Gasteiger partial charge on any atom is -0.326 e. The summed E-state index contributed by atoms with van der Waals surface area (Å²) < 4.78 is 47.7. The van der Waals surface area contributed by atoms with Crippen LogP contribution < -0.4 is 20.6 Å². The van der Waals surface area contributed by atoms with E-state index in [1.54, 1.807) is 23.0 Å². The lowest BCUT2D eigenvalue weighted by Gasteiger charge is -2.26. The third-order valence-corrected chi connectivity index (χ3v) is 6.89. The van der Waals surface area contributed by atoms with Crippen LogP contribution in [0, 0.1) is 12.8 Å². The number of aryl methyl sites for hydroxylation is 1. The Bertz CT molecular complexity index is 1340. The summed E-state index contributed by atoms with van der Waals surface area (Å²) in [5.41, 5.74) is 0.399. The lowest BCUT2D eigenvalue weighted by Crippen LogP contribution is -2.44. The minimum absolute atomic E-state index is 0.00541. The zero-order chi connectivity index (χ0) is 28.9. The first kappa shape index (κ1) is 29.1. The zero-order valence-corrected chi connectivity index (χ0v) is 22.7. The van der Waals surface area contributed by atoms with Crippen LogP contribution in [0.3, 0.4) is 0 Å². The van der Waals surface area contributed by atoms with Crippen LogP contribution in [0.2, 0.25) is 0 Å². The van der Waals surface area contributed by atoms with E-state index in [0.29, 0.717) is 5.92 Å². The molecule has 9 nitrogen and oxygen atoms in total. The lowest BCUT2D eigenvalue weighted by atomic mass is 9.85. The number of hydrogen-bond acceptors (Lipinski definition) is 5. The van der Waals surface area contributed by atoms with Crippen molar-refractivity contribution in [1.29, 1.82) is 0 Å². The number of benzene rings is 2. The van der Waals surface area contributed by atoms with Crippen molar-refractivity contribution in [1.82, 2.24) is 10.2 Å². The fourth-order valence-corrected chi connectivity index (χ4v) is 5.07. The summed E-state index contributed by atoms with van der Waals surface area (Å²) in [6.07, 6.45) is 0.960. The van der Waals surface area contributed by atoms with E-state index in [1.807, 2.05) is 33.2 Å². The standard InChI is InChI=1S/C28H33F3N6O3/c1-18-7-4-5-9-20(18)12-25(38)32-22-13-21(28(29,30)31)14-23(15-22)33-27(39)34-26-17-37(35-40-26)24-10-6-8-19(11-24)16-36(2)3/h4-5,7,9,13-15,17,19,24H,6,8,10-12,16H2,1-3H3,(H2-,32,33,34,35,38,39)/p+1/t19-,24-/m1/s1. The van der Waals surface area contributed by atoms with Crippen LogP contribution in [0.15, 0.2) is 53.2 Å². The molecule has 3 amide bonds. The summed E-state index contributed by atoms with van der Waals surface area (Å²) in [6.45, 7) is 2.83. The van der Waals surface area contributed by atoms with Crippen molar-refractivity contribution in [2.75, 3.05) is 36.6 Å². The molecule has 214 valence electrons. The molecule has 40 heavy (non-hydrogen) atoms. The average Bonchev–Trinajstić information content (AvgIpc) is 3.33. The molecule has 1 aliphatic carbocycles. The summed E-state index contributed by atoms with van der Waals surface area (Å²) in [5, 5.41) is 11.4. The number of rotatable bonds is 8. The Labute approximate surface area is 230 Å². The molecule has 3 aromatic rings. The predicted molar refractivity (Wildman–Crippen MR) is 144 cm³/mol. The van der Waals surface area contributed by atoms with Crippen LogP contribution in [0.4, 0.5) is 35.2 Å². The molecule has 0 saturated heterocycles. The Morgan fingerprint density at radius 1 is 1.07 bits per heavy atom. The van der Waals surface area contributed by atoms with Gasteiger partial charge in [-0.25, -0.2) is 4.79 Å². The van der Waals surface area contributed by atoms with Crippen molar-refractivity contribution in [2.24, 2.45) is 5.92 Å². The normalized spacial score (nSPS) is 17.5. The molecule has 2 aromatic carbocycles. The van der Waals surface area contributed by atoms with Crippen molar-refractivity contribution in [3.8, 4) is 0 Å². The van der Waals surface area contributed by atoms with Gasteiger partial charge >= 0.3 is 18.1 Å². The van der Waals surface area contributed by atoms with Gasteiger partial charge < -0.3 is 15.5 Å². The first-order valence-electron chi connectivity index (χ1n) is 13.1. The topological polar surface area (TPSA) is 103 Å². The number of urea groups is 1. The molecule has 1 saturated carbocycles. The summed E-state index contributed by atoms with van der Waals surface area (Å²) in [4.78, 5) is 27.3. The van der Waals surface area contributed by atoms with Crippen molar-refractivity contribution in [3.63, 3.8) is 0 Å². The number of carbonyl (C=O) groups excluding carboxylic acids is 2. The van der Waals surface area contributed by atoms with E-state index in [4.69, 9.17) is 4.52 Å². The fourth-order valence-electron chi connectivity index (χ4n) is 5.07. The first-order valence-corrected chi connectivity index (χ1v) is 13.1. The number of nitrogens with zero attached hydrogens (tertiary/aromatic N) is 3. The third-order valence-electron chi connectivity index (χ3n) is 6.89. The highest BCUT2D eigenvalue weighted by molar-refractivity contribution is 6.00. The summed E-state index contributed by atoms with van der Waals surface area (Å²) >= 11 is 0. The maximum absolute atomic E-state index is 13.6. The molecule has 0 aliphatic heterocycles. The number of anilines is 3. The molecule has 1 fully saturated rings. The smallest absolute Gasteiger partial charge is 0.326 e. The molecule has 3 N–H and O–H groups in total. The van der Waals surface area contributed by atoms with Gasteiger partial charge in [-0.05, 0) is 73.8 Å². The maximum Gasteiger partial charge on any atom is 0.416 e. The Kier molecular flexibility index (Phi) is 9.08. The van der Waals surface area contributed by atoms with Crippen LogP contribution in [0.5, 0.6) is 0 Å². The molecule has 0 radical (unpaired) electrons. The van der Waals surface area contributed by atoms with Gasteiger partial charge in [0.1, 0.15) is 0 Å². The van der Waals surface area contributed by atoms with Gasteiger partial charge in [-0.3, -0.25) is 14.6 Å². The monoisotopic (exact) mass is 559 g/mol. The highest BCUT2D eigenvalue weighted by Crippen LogP contribution is 2.34. The van der Waals surface area contributed by atoms with Crippen LogP contribution in [-0.2, 0) is 17.4 Å². The van der Waals surface area contributed by atoms with E-state index < -0.39 is 23.7 Å². The molecule has 4 rings (SSSR count). The maximum atomic E-state index is 13.6. The van der Waals surface area contributed by atoms with Crippen molar-refractivity contribution < 1.29 is 32.0 Å². The van der Waals surface area contributed by atoms with Crippen LogP contribution in [0.1, 0.15) is 48.4 Å². The summed E-state index contributed by atoms with van der Waals surface area (Å²) in [7, 11) is 4.08. The van der Waals surface area contributed by atoms with Crippen LogP contribution in [-0.4, -0.2) is 42.7 Å². The number of alkyl halides is 3. The summed E-state index contributed by atoms with van der Waals surface area (Å²) in [5.74, 6) is 0.113. The highest BCUT2D eigenvalue weighted by atomic mass is 19.4. The van der Waals surface area contributed by atoms with Crippen molar-refractivity contribution in [3.05, 3.63) is 65.4 Å². The largest absolute Gasteiger partial charge is 0.416 e. The van der Waals surface area contributed by atoms with Gasteiger partial charge in [0.05, 0.1) is 12.0 Å². The number of amides is 3. The first-order chi connectivity index (χ1) is 19.0.